The molecule has 0 bridgehead atoms. The van der Waals surface area contributed by atoms with E-state index in [1.807, 2.05) is 6.07 Å². The van der Waals surface area contributed by atoms with Crippen molar-refractivity contribution in [2.24, 2.45) is 11.8 Å². The van der Waals surface area contributed by atoms with Gasteiger partial charge in [-0.1, -0.05) is 0 Å². The number of rotatable bonds is 2. The number of hydrazine groups is 1. The quantitative estimate of drug-likeness (QED) is 0.810. The molecule has 3 heterocycles. The van der Waals surface area contributed by atoms with Crippen LogP contribution in [-0.2, 0) is 4.79 Å². The van der Waals surface area contributed by atoms with Crippen LogP contribution in [0.3, 0.4) is 0 Å². The molecular weight excluding hydrogens is 307 g/mol. The number of nitrogens with one attached hydrogen (secondary N) is 2. The molecule has 1 aromatic rings. The van der Waals surface area contributed by atoms with E-state index in [9.17, 15) is 9.18 Å². The molecule has 24 heavy (non-hydrogen) atoms. The summed E-state index contributed by atoms with van der Waals surface area (Å²) < 4.78 is 13.5. The summed E-state index contributed by atoms with van der Waals surface area (Å²) in [6.07, 6.45) is 4.78. The Bertz CT molecular complexity index is 652. The van der Waals surface area contributed by atoms with Gasteiger partial charge in [-0.05, 0) is 56.6 Å². The molecule has 1 aliphatic carbocycles. The largest absolute Gasteiger partial charge is 0.339 e. The molecule has 5 atom stereocenters. The number of aryl methyl sites for hydroxylation is 1. The molecule has 3 fully saturated rings. The molecule has 0 aromatic carbocycles. The van der Waals surface area contributed by atoms with E-state index in [1.165, 1.54) is 0 Å². The highest BCUT2D eigenvalue weighted by Crippen LogP contribution is 2.44. The summed E-state index contributed by atoms with van der Waals surface area (Å²) in [5.74, 6) is 0.798. The maximum absolute atomic E-state index is 13.5. The maximum atomic E-state index is 13.5. The molecule has 1 aromatic heterocycles. The highest BCUT2D eigenvalue weighted by molar-refractivity contribution is 5.81. The fourth-order valence-corrected chi connectivity index (χ4v) is 4.98. The zero-order valence-electron chi connectivity index (χ0n) is 14.3. The Labute approximate surface area is 142 Å². The zero-order valence-corrected chi connectivity index (χ0v) is 14.3. The molecule has 1 saturated carbocycles. The second-order valence-electron chi connectivity index (χ2n) is 7.40. The standard InChI is InChI=1S/C18H25FN4O/c1-3-23-15-7-11(12-6-10(2)17(19)20-8-12)4-5-13(15)16-14(18(23)24)9-21-22-16/h6,8,11,13-16,21-22H,3-5,7,9H2,1-2H3. The van der Waals surface area contributed by atoms with Gasteiger partial charge in [0.15, 0.2) is 0 Å². The molecule has 2 saturated heterocycles. The first kappa shape index (κ1) is 16.0. The predicted molar refractivity (Wildman–Crippen MR) is 88.6 cm³/mol. The van der Waals surface area contributed by atoms with Gasteiger partial charge in [-0.3, -0.25) is 15.6 Å². The van der Waals surface area contributed by atoms with Gasteiger partial charge in [0.2, 0.25) is 11.9 Å². The van der Waals surface area contributed by atoms with E-state index in [0.29, 0.717) is 17.4 Å². The minimum Gasteiger partial charge on any atom is -0.339 e. The van der Waals surface area contributed by atoms with Gasteiger partial charge in [-0.25, -0.2) is 4.98 Å². The fourth-order valence-electron chi connectivity index (χ4n) is 4.98. The van der Waals surface area contributed by atoms with Crippen molar-refractivity contribution in [3.8, 4) is 0 Å². The van der Waals surface area contributed by atoms with Crippen LogP contribution in [0.4, 0.5) is 4.39 Å². The Morgan fingerprint density at radius 2 is 2.25 bits per heavy atom. The van der Waals surface area contributed by atoms with Crippen LogP contribution in [-0.4, -0.2) is 41.0 Å². The first-order chi connectivity index (χ1) is 11.6. The highest BCUT2D eigenvalue weighted by atomic mass is 19.1. The van der Waals surface area contributed by atoms with E-state index in [2.05, 4.69) is 27.7 Å². The average Bonchev–Trinajstić information content (AvgIpc) is 3.07. The molecule has 1 amide bonds. The normalized spacial score (nSPS) is 35.7. The lowest BCUT2D eigenvalue weighted by Crippen LogP contribution is -2.61. The van der Waals surface area contributed by atoms with Crippen LogP contribution in [0.25, 0.3) is 0 Å². The second-order valence-corrected chi connectivity index (χ2v) is 7.40. The van der Waals surface area contributed by atoms with Gasteiger partial charge < -0.3 is 4.90 Å². The number of pyridine rings is 1. The number of aromatic nitrogens is 1. The number of fused-ring (bicyclic) bond motifs is 3. The van der Waals surface area contributed by atoms with Crippen LogP contribution < -0.4 is 10.9 Å². The number of halogens is 1. The fraction of sp³-hybridized carbons (Fsp3) is 0.667. The van der Waals surface area contributed by atoms with Crippen LogP contribution in [0, 0.1) is 24.7 Å². The van der Waals surface area contributed by atoms with Gasteiger partial charge in [0, 0.05) is 36.9 Å². The minimum absolute atomic E-state index is 0.0671. The third kappa shape index (κ3) is 2.43. The summed E-state index contributed by atoms with van der Waals surface area (Å²) in [5, 5.41) is 0. The van der Waals surface area contributed by atoms with Gasteiger partial charge in [0.1, 0.15) is 0 Å². The first-order valence-electron chi connectivity index (χ1n) is 9.01. The molecule has 0 spiro atoms. The first-order valence-corrected chi connectivity index (χ1v) is 9.01. The van der Waals surface area contributed by atoms with Crippen LogP contribution in [0.5, 0.6) is 0 Å². The third-order valence-corrected chi connectivity index (χ3v) is 6.20. The van der Waals surface area contributed by atoms with Crippen molar-refractivity contribution in [1.29, 1.82) is 0 Å². The number of hydrogen-bond acceptors (Lipinski definition) is 4. The number of hydrogen-bond donors (Lipinski definition) is 2. The highest BCUT2D eigenvalue weighted by Gasteiger charge is 2.51. The monoisotopic (exact) mass is 332 g/mol. The van der Waals surface area contributed by atoms with E-state index in [0.717, 1.165) is 37.9 Å². The molecule has 6 heteroatoms. The lowest BCUT2D eigenvalue weighted by Gasteiger charge is -2.50. The van der Waals surface area contributed by atoms with Gasteiger partial charge in [-0.15, -0.1) is 0 Å². The van der Waals surface area contributed by atoms with Crippen LogP contribution in [0.2, 0.25) is 0 Å². The van der Waals surface area contributed by atoms with Crippen LogP contribution >= 0.6 is 0 Å². The Morgan fingerprint density at radius 1 is 1.42 bits per heavy atom. The molecule has 0 radical (unpaired) electrons. The molecule has 130 valence electrons. The minimum atomic E-state index is -0.389. The van der Waals surface area contributed by atoms with E-state index in [-0.39, 0.29) is 29.9 Å². The van der Waals surface area contributed by atoms with Gasteiger partial charge in [-0.2, -0.15) is 4.39 Å². The second kappa shape index (κ2) is 6.08. The number of nitrogens with zero attached hydrogens (tertiary/aromatic N) is 2. The molecule has 4 rings (SSSR count). The topological polar surface area (TPSA) is 57.3 Å². The van der Waals surface area contributed by atoms with Crippen molar-refractivity contribution in [1.82, 2.24) is 20.7 Å². The number of carbonyl (C=O) groups is 1. The van der Waals surface area contributed by atoms with Crippen molar-refractivity contribution >= 4 is 5.91 Å². The van der Waals surface area contributed by atoms with Crippen molar-refractivity contribution in [3.63, 3.8) is 0 Å². The van der Waals surface area contributed by atoms with Crippen molar-refractivity contribution < 1.29 is 9.18 Å². The SMILES string of the molecule is CCN1C(=O)C2CNNC2C2CCC(c3cnc(F)c(C)c3)CC21. The summed E-state index contributed by atoms with van der Waals surface area (Å²) in [6, 6.07) is 2.44. The number of likely N-dealkylation sites (tertiary alicyclic amines) is 1. The smallest absolute Gasteiger partial charge is 0.228 e. The summed E-state index contributed by atoms with van der Waals surface area (Å²) >= 11 is 0. The molecule has 3 aliphatic rings. The Hall–Kier alpha value is -1.53. The lowest BCUT2D eigenvalue weighted by molar-refractivity contribution is -0.146. The van der Waals surface area contributed by atoms with Crippen LogP contribution in [0.1, 0.15) is 43.2 Å². The molecule has 2 aliphatic heterocycles. The van der Waals surface area contributed by atoms with E-state index >= 15 is 0 Å². The summed E-state index contributed by atoms with van der Waals surface area (Å²) in [4.78, 5) is 18.8. The predicted octanol–water partition coefficient (Wildman–Crippen LogP) is 1.74. The van der Waals surface area contributed by atoms with Crippen molar-refractivity contribution in [2.45, 2.75) is 51.1 Å². The van der Waals surface area contributed by atoms with Crippen molar-refractivity contribution in [3.05, 3.63) is 29.3 Å². The molecule has 5 unspecified atom stereocenters. The average molecular weight is 332 g/mol. The van der Waals surface area contributed by atoms with E-state index < -0.39 is 0 Å². The zero-order chi connectivity index (χ0) is 16.8. The Kier molecular flexibility index (Phi) is 4.04. The van der Waals surface area contributed by atoms with Gasteiger partial charge in [0.05, 0.1) is 5.92 Å². The molecular formula is C18H25FN4O. The number of amides is 1. The number of piperidine rings is 1. The summed E-state index contributed by atoms with van der Waals surface area (Å²) in [7, 11) is 0. The van der Waals surface area contributed by atoms with Gasteiger partial charge >= 0.3 is 0 Å². The van der Waals surface area contributed by atoms with E-state index in [4.69, 9.17) is 0 Å². The molecule has 5 nitrogen and oxygen atoms in total. The van der Waals surface area contributed by atoms with Crippen LogP contribution in [0.15, 0.2) is 12.3 Å². The Balaban J connectivity index is 1.60. The van der Waals surface area contributed by atoms with Gasteiger partial charge in [0.25, 0.3) is 0 Å². The maximum Gasteiger partial charge on any atom is 0.228 e. The third-order valence-electron chi connectivity index (χ3n) is 6.20. The molecule has 2 N–H and O–H groups in total. The van der Waals surface area contributed by atoms with Crippen molar-refractivity contribution in [2.75, 3.05) is 13.1 Å². The summed E-state index contributed by atoms with van der Waals surface area (Å²) in [5.41, 5.74) is 8.23. The summed E-state index contributed by atoms with van der Waals surface area (Å²) in [6.45, 7) is 5.32. The lowest BCUT2D eigenvalue weighted by atomic mass is 9.67. The Morgan fingerprint density at radius 3 is 3.00 bits per heavy atom. The number of carbonyl (C=O) groups excluding carboxylic acids is 1. The van der Waals surface area contributed by atoms with E-state index in [1.54, 1.807) is 13.1 Å².